The Morgan fingerprint density at radius 2 is 1.71 bits per heavy atom. The van der Waals surface area contributed by atoms with E-state index in [0.29, 0.717) is 17.4 Å². The molecule has 0 amide bonds. The van der Waals surface area contributed by atoms with Crippen molar-refractivity contribution in [3.63, 3.8) is 0 Å². The van der Waals surface area contributed by atoms with E-state index >= 15 is 0 Å². The Kier molecular flexibility index (Phi) is 4.57. The first kappa shape index (κ1) is 16.5. The highest BCUT2D eigenvalue weighted by Crippen LogP contribution is 2.16. The molecule has 0 saturated carbocycles. The van der Waals surface area contributed by atoms with Crippen molar-refractivity contribution in [1.82, 2.24) is 9.03 Å². The van der Waals surface area contributed by atoms with E-state index in [0.717, 1.165) is 5.56 Å². The molecule has 0 spiro atoms. The van der Waals surface area contributed by atoms with E-state index in [1.54, 1.807) is 48.5 Å². The van der Waals surface area contributed by atoms with Crippen LogP contribution in [0.5, 0.6) is 0 Å². The summed E-state index contributed by atoms with van der Waals surface area (Å²) >= 11 is 0. The van der Waals surface area contributed by atoms with Crippen molar-refractivity contribution in [2.75, 3.05) is 6.54 Å². The first-order chi connectivity index (χ1) is 11.5. The molecule has 1 N–H and O–H groups in total. The normalized spacial score (nSPS) is 19.9. The maximum absolute atomic E-state index is 12.3. The van der Waals surface area contributed by atoms with Crippen LogP contribution in [-0.4, -0.2) is 37.4 Å². The standard InChI is InChI=1S/C17H16N2O4S/c20-12-16-11-19(24(22,23)18-16)10-13-6-8-15(9-7-13)17(21)14-4-2-1-3-5-14/h1-9,12,16,18H,10-11H2. The quantitative estimate of drug-likeness (QED) is 0.651. The lowest BCUT2D eigenvalue weighted by molar-refractivity contribution is -0.109. The van der Waals surface area contributed by atoms with Gasteiger partial charge >= 0.3 is 0 Å². The molecular weight excluding hydrogens is 328 g/mol. The number of nitrogens with one attached hydrogen (secondary N) is 1. The SMILES string of the molecule is O=CC1CN(Cc2ccc(C(=O)c3ccccc3)cc2)S(=O)(=O)N1. The van der Waals surface area contributed by atoms with E-state index < -0.39 is 16.3 Å². The molecule has 0 aliphatic carbocycles. The van der Waals surface area contributed by atoms with Gasteiger partial charge in [0.2, 0.25) is 0 Å². The van der Waals surface area contributed by atoms with Crippen molar-refractivity contribution in [2.24, 2.45) is 0 Å². The molecule has 6 nitrogen and oxygen atoms in total. The highest BCUT2D eigenvalue weighted by atomic mass is 32.2. The van der Waals surface area contributed by atoms with Gasteiger partial charge in [-0.3, -0.25) is 4.79 Å². The van der Waals surface area contributed by atoms with E-state index in [4.69, 9.17) is 0 Å². The lowest BCUT2D eigenvalue weighted by Crippen LogP contribution is -2.30. The Hall–Kier alpha value is -2.35. The molecule has 1 heterocycles. The number of rotatable bonds is 5. The summed E-state index contributed by atoms with van der Waals surface area (Å²) in [5.41, 5.74) is 1.89. The Morgan fingerprint density at radius 3 is 2.29 bits per heavy atom. The molecule has 1 aliphatic rings. The summed E-state index contributed by atoms with van der Waals surface area (Å²) in [6, 6.07) is 15.0. The van der Waals surface area contributed by atoms with E-state index in [1.807, 2.05) is 6.07 Å². The number of carbonyl (C=O) groups excluding carboxylic acids is 2. The highest BCUT2D eigenvalue weighted by molar-refractivity contribution is 7.87. The third kappa shape index (κ3) is 3.43. The summed E-state index contributed by atoms with van der Waals surface area (Å²) in [4.78, 5) is 23.1. The minimum Gasteiger partial charge on any atom is -0.302 e. The van der Waals surface area contributed by atoms with Crippen LogP contribution in [0.4, 0.5) is 0 Å². The molecule has 0 aromatic heterocycles. The lowest BCUT2D eigenvalue weighted by Gasteiger charge is -2.13. The van der Waals surface area contributed by atoms with Crippen LogP contribution in [0.25, 0.3) is 0 Å². The van der Waals surface area contributed by atoms with Gasteiger partial charge in [0.05, 0.1) is 6.04 Å². The molecule has 1 aliphatic heterocycles. The van der Waals surface area contributed by atoms with Gasteiger partial charge in [0.25, 0.3) is 10.2 Å². The number of benzene rings is 2. The zero-order chi connectivity index (χ0) is 17.2. The molecule has 24 heavy (non-hydrogen) atoms. The summed E-state index contributed by atoms with van der Waals surface area (Å²) in [6.45, 7) is 0.260. The van der Waals surface area contributed by atoms with Gasteiger partial charge in [-0.05, 0) is 5.56 Å². The fraction of sp³-hybridized carbons (Fsp3) is 0.176. The van der Waals surface area contributed by atoms with Gasteiger partial charge in [-0.2, -0.15) is 17.4 Å². The number of nitrogens with zero attached hydrogens (tertiary/aromatic N) is 1. The first-order valence-corrected chi connectivity index (χ1v) is 8.85. The van der Waals surface area contributed by atoms with Crippen LogP contribution in [0.15, 0.2) is 54.6 Å². The molecule has 1 atom stereocenters. The number of hydrogen-bond donors (Lipinski definition) is 1. The average Bonchev–Trinajstić information content (AvgIpc) is 2.89. The number of hydrogen-bond acceptors (Lipinski definition) is 4. The van der Waals surface area contributed by atoms with Crippen LogP contribution in [0.3, 0.4) is 0 Å². The van der Waals surface area contributed by atoms with Gasteiger partial charge in [-0.1, -0.05) is 54.6 Å². The molecule has 0 bridgehead atoms. The summed E-state index contributed by atoms with van der Waals surface area (Å²) in [5, 5.41) is 0. The van der Waals surface area contributed by atoms with Crippen molar-refractivity contribution in [3.05, 3.63) is 71.3 Å². The maximum atomic E-state index is 12.3. The van der Waals surface area contributed by atoms with Crippen molar-refractivity contribution in [2.45, 2.75) is 12.6 Å². The van der Waals surface area contributed by atoms with Crippen molar-refractivity contribution < 1.29 is 18.0 Å². The molecular formula is C17H16N2O4S. The van der Waals surface area contributed by atoms with Crippen molar-refractivity contribution in [3.8, 4) is 0 Å². The predicted molar refractivity (Wildman–Crippen MR) is 88.6 cm³/mol. The molecule has 124 valence electrons. The Morgan fingerprint density at radius 1 is 1.08 bits per heavy atom. The zero-order valence-electron chi connectivity index (χ0n) is 12.8. The summed E-state index contributed by atoms with van der Waals surface area (Å²) in [5.74, 6) is -0.0846. The Bertz CT molecular complexity index is 848. The third-order valence-corrected chi connectivity index (χ3v) is 5.37. The van der Waals surface area contributed by atoms with Crippen molar-refractivity contribution in [1.29, 1.82) is 0 Å². The summed E-state index contributed by atoms with van der Waals surface area (Å²) in [6.07, 6.45) is 0.583. The third-order valence-electron chi connectivity index (χ3n) is 3.82. The molecule has 1 fully saturated rings. The minimum atomic E-state index is -3.63. The van der Waals surface area contributed by atoms with Crippen LogP contribution >= 0.6 is 0 Å². The molecule has 2 aromatic carbocycles. The molecule has 1 saturated heterocycles. The predicted octanol–water partition coefficient (Wildman–Crippen LogP) is 1.14. The second kappa shape index (κ2) is 6.64. The second-order valence-electron chi connectivity index (χ2n) is 5.55. The van der Waals surface area contributed by atoms with Crippen molar-refractivity contribution >= 4 is 22.3 Å². The first-order valence-electron chi connectivity index (χ1n) is 7.41. The van der Waals surface area contributed by atoms with Gasteiger partial charge < -0.3 is 4.79 Å². The van der Waals surface area contributed by atoms with E-state index in [-0.39, 0.29) is 18.9 Å². The average molecular weight is 344 g/mol. The van der Waals surface area contributed by atoms with Crippen LogP contribution in [-0.2, 0) is 21.5 Å². The summed E-state index contributed by atoms with van der Waals surface area (Å²) < 4.78 is 27.3. The van der Waals surface area contributed by atoms with Gasteiger partial charge in [0, 0.05) is 24.2 Å². The molecule has 0 radical (unpaired) electrons. The Balaban J connectivity index is 1.74. The number of aldehydes is 1. The number of ketones is 1. The lowest BCUT2D eigenvalue weighted by atomic mass is 10.0. The topological polar surface area (TPSA) is 83.6 Å². The van der Waals surface area contributed by atoms with Gasteiger partial charge in [-0.25, -0.2) is 0 Å². The van der Waals surface area contributed by atoms with Crippen LogP contribution in [0.1, 0.15) is 21.5 Å². The van der Waals surface area contributed by atoms with Gasteiger partial charge in [0.15, 0.2) is 5.78 Å². The highest BCUT2D eigenvalue weighted by Gasteiger charge is 2.34. The second-order valence-corrected chi connectivity index (χ2v) is 7.25. The molecule has 1 unspecified atom stereocenters. The van der Waals surface area contributed by atoms with Crippen LogP contribution in [0, 0.1) is 0 Å². The van der Waals surface area contributed by atoms with E-state index in [9.17, 15) is 18.0 Å². The fourth-order valence-electron chi connectivity index (χ4n) is 2.56. The minimum absolute atomic E-state index is 0.0846. The Labute approximate surface area is 140 Å². The van der Waals surface area contributed by atoms with E-state index in [1.165, 1.54) is 4.31 Å². The molecule has 2 aromatic rings. The molecule has 3 rings (SSSR count). The summed E-state index contributed by atoms with van der Waals surface area (Å²) in [7, 11) is -3.63. The van der Waals surface area contributed by atoms with Gasteiger partial charge in [0.1, 0.15) is 6.29 Å². The zero-order valence-corrected chi connectivity index (χ0v) is 13.6. The van der Waals surface area contributed by atoms with Gasteiger partial charge in [-0.15, -0.1) is 0 Å². The van der Waals surface area contributed by atoms with Crippen LogP contribution < -0.4 is 4.72 Å². The maximum Gasteiger partial charge on any atom is 0.280 e. The fourth-order valence-corrected chi connectivity index (χ4v) is 3.90. The van der Waals surface area contributed by atoms with E-state index in [2.05, 4.69) is 4.72 Å². The molecule has 7 heteroatoms. The smallest absolute Gasteiger partial charge is 0.280 e. The monoisotopic (exact) mass is 344 g/mol. The largest absolute Gasteiger partial charge is 0.302 e. The van der Waals surface area contributed by atoms with Crippen LogP contribution in [0.2, 0.25) is 0 Å². The number of carbonyl (C=O) groups is 2.